The highest BCUT2D eigenvalue weighted by Gasteiger charge is 2.43. The van der Waals surface area contributed by atoms with E-state index in [1.165, 1.54) is 14.2 Å². The third kappa shape index (κ3) is 3.94. The summed E-state index contributed by atoms with van der Waals surface area (Å²) in [5.74, 6) is -1.05. The van der Waals surface area contributed by atoms with Crippen molar-refractivity contribution in [3.63, 3.8) is 0 Å². The summed E-state index contributed by atoms with van der Waals surface area (Å²) in [6.07, 6.45) is 2.37. The minimum absolute atomic E-state index is 0.384. The van der Waals surface area contributed by atoms with Crippen LogP contribution in [0.2, 0.25) is 0 Å². The molecule has 108 valence electrons. The first-order valence-electron chi connectivity index (χ1n) is 6.40. The average molecular weight is 271 g/mol. The zero-order chi connectivity index (χ0) is 14.5. The summed E-state index contributed by atoms with van der Waals surface area (Å²) in [6, 6.07) is 0. The Kier molecular flexibility index (Phi) is 5.32. The van der Waals surface area contributed by atoms with Gasteiger partial charge in [-0.05, 0) is 31.6 Å². The third-order valence-corrected chi connectivity index (χ3v) is 3.62. The van der Waals surface area contributed by atoms with Gasteiger partial charge in [0.1, 0.15) is 12.0 Å². The molecule has 1 saturated carbocycles. The summed E-state index contributed by atoms with van der Waals surface area (Å²) in [5, 5.41) is 2.65. The van der Waals surface area contributed by atoms with E-state index in [2.05, 4.69) is 17.0 Å². The maximum Gasteiger partial charge on any atom is 0.331 e. The molecule has 6 nitrogen and oxygen atoms in total. The maximum atomic E-state index is 11.9. The number of nitrogens with one attached hydrogen (secondary N) is 1. The largest absolute Gasteiger partial charge is 0.469 e. The topological polar surface area (TPSA) is 81.7 Å². The van der Waals surface area contributed by atoms with Crippen LogP contribution < -0.4 is 5.32 Å². The SMILES string of the molecule is COC(=O)CC(=O)NC1(C(=O)OC)CCC(C)CC1. The Balaban J connectivity index is 2.73. The maximum absolute atomic E-state index is 11.9. The number of hydrogen-bond acceptors (Lipinski definition) is 5. The minimum Gasteiger partial charge on any atom is -0.469 e. The average Bonchev–Trinajstić information content (AvgIpc) is 2.40. The quantitative estimate of drug-likeness (QED) is 0.604. The fourth-order valence-corrected chi connectivity index (χ4v) is 2.34. The summed E-state index contributed by atoms with van der Waals surface area (Å²) < 4.78 is 9.22. The second-order valence-electron chi connectivity index (χ2n) is 5.06. The van der Waals surface area contributed by atoms with Crippen molar-refractivity contribution >= 4 is 17.8 Å². The Morgan fingerprint density at radius 3 is 2.21 bits per heavy atom. The van der Waals surface area contributed by atoms with E-state index in [0.717, 1.165) is 12.8 Å². The summed E-state index contributed by atoms with van der Waals surface area (Å²) in [6.45, 7) is 2.11. The highest BCUT2D eigenvalue weighted by molar-refractivity contribution is 5.97. The molecular weight excluding hydrogens is 250 g/mol. The van der Waals surface area contributed by atoms with Crippen molar-refractivity contribution in [1.82, 2.24) is 5.32 Å². The van der Waals surface area contributed by atoms with E-state index in [1.807, 2.05) is 0 Å². The van der Waals surface area contributed by atoms with Crippen LogP contribution in [-0.4, -0.2) is 37.6 Å². The lowest BCUT2D eigenvalue weighted by Crippen LogP contribution is -2.57. The molecule has 0 unspecified atom stereocenters. The Hall–Kier alpha value is -1.59. The van der Waals surface area contributed by atoms with Crippen molar-refractivity contribution in [2.75, 3.05) is 14.2 Å². The summed E-state index contributed by atoms with van der Waals surface area (Å²) in [7, 11) is 2.52. The molecule has 0 aromatic carbocycles. The predicted octanol–water partition coefficient (Wildman–Crippen LogP) is 0.788. The van der Waals surface area contributed by atoms with Gasteiger partial charge in [0, 0.05) is 0 Å². The number of esters is 2. The van der Waals surface area contributed by atoms with Crippen LogP contribution in [0.3, 0.4) is 0 Å². The van der Waals surface area contributed by atoms with Crippen LogP contribution in [0, 0.1) is 5.92 Å². The minimum atomic E-state index is -0.994. The van der Waals surface area contributed by atoms with Crippen molar-refractivity contribution in [3.8, 4) is 0 Å². The number of amides is 1. The van der Waals surface area contributed by atoms with Gasteiger partial charge >= 0.3 is 11.9 Å². The number of ether oxygens (including phenoxy) is 2. The van der Waals surface area contributed by atoms with Crippen molar-refractivity contribution < 1.29 is 23.9 Å². The zero-order valence-corrected chi connectivity index (χ0v) is 11.7. The lowest BCUT2D eigenvalue weighted by molar-refractivity contribution is -0.154. The lowest BCUT2D eigenvalue weighted by atomic mass is 9.77. The molecule has 0 spiro atoms. The van der Waals surface area contributed by atoms with Crippen molar-refractivity contribution in [3.05, 3.63) is 0 Å². The first-order valence-corrected chi connectivity index (χ1v) is 6.40. The van der Waals surface area contributed by atoms with Crippen LogP contribution in [0.1, 0.15) is 39.0 Å². The van der Waals surface area contributed by atoms with Crippen LogP contribution >= 0.6 is 0 Å². The highest BCUT2D eigenvalue weighted by atomic mass is 16.5. The second kappa shape index (κ2) is 6.54. The number of carbonyl (C=O) groups excluding carboxylic acids is 3. The molecule has 0 aliphatic heterocycles. The van der Waals surface area contributed by atoms with Gasteiger partial charge < -0.3 is 14.8 Å². The molecule has 0 bridgehead atoms. The fraction of sp³-hybridized carbons (Fsp3) is 0.769. The Morgan fingerprint density at radius 2 is 1.74 bits per heavy atom. The zero-order valence-electron chi connectivity index (χ0n) is 11.7. The summed E-state index contributed by atoms with van der Waals surface area (Å²) >= 11 is 0. The van der Waals surface area contributed by atoms with Gasteiger partial charge in [-0.2, -0.15) is 0 Å². The standard InChI is InChI=1S/C13H21NO5/c1-9-4-6-13(7-5-9,12(17)19-3)14-10(15)8-11(16)18-2/h9H,4-8H2,1-3H3,(H,14,15). The van der Waals surface area contributed by atoms with Gasteiger partial charge in [-0.25, -0.2) is 4.79 Å². The number of carbonyl (C=O) groups is 3. The Labute approximate surface area is 112 Å². The molecule has 0 saturated heterocycles. The van der Waals surface area contributed by atoms with Crippen LogP contribution in [0.15, 0.2) is 0 Å². The highest BCUT2D eigenvalue weighted by Crippen LogP contribution is 2.32. The van der Waals surface area contributed by atoms with E-state index < -0.39 is 23.4 Å². The van der Waals surface area contributed by atoms with Gasteiger partial charge in [0.25, 0.3) is 0 Å². The van der Waals surface area contributed by atoms with Gasteiger partial charge in [-0.3, -0.25) is 9.59 Å². The summed E-state index contributed by atoms with van der Waals surface area (Å²) in [4.78, 5) is 34.8. The van der Waals surface area contributed by atoms with Gasteiger partial charge in [-0.1, -0.05) is 6.92 Å². The molecule has 0 aromatic heterocycles. The second-order valence-corrected chi connectivity index (χ2v) is 5.06. The number of methoxy groups -OCH3 is 2. The molecule has 0 atom stereocenters. The molecule has 0 aromatic rings. The van der Waals surface area contributed by atoms with E-state index in [0.29, 0.717) is 18.8 Å². The van der Waals surface area contributed by atoms with Gasteiger partial charge in [0.2, 0.25) is 5.91 Å². The van der Waals surface area contributed by atoms with Crippen LogP contribution in [0.5, 0.6) is 0 Å². The number of hydrogen-bond donors (Lipinski definition) is 1. The summed E-state index contributed by atoms with van der Waals surface area (Å²) in [5.41, 5.74) is -0.994. The molecule has 6 heteroatoms. The Morgan fingerprint density at radius 1 is 1.16 bits per heavy atom. The van der Waals surface area contributed by atoms with E-state index in [4.69, 9.17) is 4.74 Å². The monoisotopic (exact) mass is 271 g/mol. The van der Waals surface area contributed by atoms with Crippen LogP contribution in [0.4, 0.5) is 0 Å². The molecular formula is C13H21NO5. The fourth-order valence-electron chi connectivity index (χ4n) is 2.34. The number of rotatable bonds is 4. The molecule has 0 radical (unpaired) electrons. The third-order valence-electron chi connectivity index (χ3n) is 3.62. The van der Waals surface area contributed by atoms with Crippen molar-refractivity contribution in [2.45, 2.75) is 44.6 Å². The van der Waals surface area contributed by atoms with Gasteiger partial charge in [0.15, 0.2) is 0 Å². The molecule has 1 fully saturated rings. The smallest absolute Gasteiger partial charge is 0.331 e. The van der Waals surface area contributed by atoms with E-state index in [1.54, 1.807) is 0 Å². The van der Waals surface area contributed by atoms with Crippen molar-refractivity contribution in [2.24, 2.45) is 5.92 Å². The van der Waals surface area contributed by atoms with E-state index >= 15 is 0 Å². The normalized spacial score (nSPS) is 26.4. The van der Waals surface area contributed by atoms with Crippen LogP contribution in [-0.2, 0) is 23.9 Å². The molecule has 1 aliphatic rings. The van der Waals surface area contributed by atoms with Crippen LogP contribution in [0.25, 0.3) is 0 Å². The first kappa shape index (κ1) is 15.5. The van der Waals surface area contributed by atoms with Crippen molar-refractivity contribution in [1.29, 1.82) is 0 Å². The predicted molar refractivity (Wildman–Crippen MR) is 67.2 cm³/mol. The molecule has 0 heterocycles. The molecule has 1 rings (SSSR count). The molecule has 19 heavy (non-hydrogen) atoms. The molecule has 1 aliphatic carbocycles. The van der Waals surface area contributed by atoms with E-state index in [9.17, 15) is 14.4 Å². The van der Waals surface area contributed by atoms with E-state index in [-0.39, 0.29) is 6.42 Å². The molecule has 1 amide bonds. The van der Waals surface area contributed by atoms with Gasteiger partial charge in [-0.15, -0.1) is 0 Å². The Bertz CT molecular complexity index is 358. The first-order chi connectivity index (χ1) is 8.93. The van der Waals surface area contributed by atoms with Gasteiger partial charge in [0.05, 0.1) is 14.2 Å². The lowest BCUT2D eigenvalue weighted by Gasteiger charge is -2.37. The molecule has 1 N–H and O–H groups in total.